The Balaban J connectivity index is 2.29. The van der Waals surface area contributed by atoms with Crippen molar-refractivity contribution in [2.24, 2.45) is 7.05 Å². The average Bonchev–Trinajstić information content (AvgIpc) is 2.81. The first-order valence-corrected chi connectivity index (χ1v) is 7.12. The Kier molecular flexibility index (Phi) is 4.69. The van der Waals surface area contributed by atoms with E-state index in [-0.39, 0.29) is 5.57 Å². The topological polar surface area (TPSA) is 57.8 Å². The van der Waals surface area contributed by atoms with Crippen molar-refractivity contribution in [2.45, 2.75) is 13.8 Å². The van der Waals surface area contributed by atoms with Gasteiger partial charge in [-0.25, -0.2) is 0 Å². The summed E-state index contributed by atoms with van der Waals surface area (Å²) < 4.78 is 1.91. The summed E-state index contributed by atoms with van der Waals surface area (Å²) in [5, 5.41) is 12.5. The minimum absolute atomic E-state index is 0.0422. The molecule has 0 saturated carbocycles. The van der Waals surface area contributed by atoms with Gasteiger partial charge in [-0.15, -0.1) is 0 Å². The van der Waals surface area contributed by atoms with Gasteiger partial charge >= 0.3 is 0 Å². The summed E-state index contributed by atoms with van der Waals surface area (Å²) in [4.78, 5) is 12.3. The second-order valence-electron chi connectivity index (χ2n) is 4.99. The molecule has 0 bridgehead atoms. The molecule has 2 aromatic rings. The number of aromatic nitrogens is 1. The van der Waals surface area contributed by atoms with Crippen LogP contribution < -0.4 is 5.32 Å². The van der Waals surface area contributed by atoms with Crippen LogP contribution in [0.5, 0.6) is 0 Å². The van der Waals surface area contributed by atoms with E-state index in [4.69, 9.17) is 11.6 Å². The largest absolute Gasteiger partial charge is 0.348 e. The number of nitrogens with zero attached hydrogens (tertiary/aromatic N) is 2. The van der Waals surface area contributed by atoms with Crippen molar-refractivity contribution in [1.29, 1.82) is 5.26 Å². The van der Waals surface area contributed by atoms with Gasteiger partial charge < -0.3 is 9.88 Å². The van der Waals surface area contributed by atoms with E-state index in [9.17, 15) is 10.1 Å². The lowest BCUT2D eigenvalue weighted by molar-refractivity contribution is -0.112. The van der Waals surface area contributed by atoms with Crippen LogP contribution in [-0.4, -0.2) is 10.5 Å². The van der Waals surface area contributed by atoms with Gasteiger partial charge in [0.05, 0.1) is 0 Å². The number of nitriles is 1. The molecule has 2 rings (SSSR count). The molecule has 112 valence electrons. The Bertz CT molecular complexity index is 797. The van der Waals surface area contributed by atoms with E-state index in [1.54, 1.807) is 24.3 Å². The molecular formula is C17H16ClN3O. The fraction of sp³-hybridized carbons (Fsp3) is 0.176. The normalized spacial score (nSPS) is 11.1. The number of carbonyl (C=O) groups excluding carboxylic acids is 1. The number of nitrogens with one attached hydrogen (secondary N) is 1. The molecule has 5 heteroatoms. The standard InChI is InChI=1S/C17H16ClN3O/c1-11-7-8-14(21(11)3)9-13(10-19)17(22)20-16-6-4-5-15(18)12(16)2/h4-9H,1-3H3,(H,20,22)/b13-9-. The molecule has 1 heterocycles. The second-order valence-corrected chi connectivity index (χ2v) is 5.40. The molecule has 0 unspecified atom stereocenters. The van der Waals surface area contributed by atoms with Crippen LogP contribution in [0.2, 0.25) is 5.02 Å². The number of hydrogen-bond donors (Lipinski definition) is 1. The van der Waals surface area contributed by atoms with Crippen LogP contribution in [0, 0.1) is 25.2 Å². The molecule has 1 aromatic heterocycles. The maximum atomic E-state index is 12.3. The van der Waals surface area contributed by atoms with E-state index in [1.807, 2.05) is 43.7 Å². The minimum atomic E-state index is -0.452. The summed E-state index contributed by atoms with van der Waals surface area (Å²) in [6.07, 6.45) is 1.57. The molecule has 0 aliphatic carbocycles. The molecule has 0 saturated heterocycles. The molecule has 0 spiro atoms. The number of amides is 1. The van der Waals surface area contributed by atoms with E-state index in [0.29, 0.717) is 10.7 Å². The Hall–Kier alpha value is -2.51. The summed E-state index contributed by atoms with van der Waals surface area (Å²) >= 11 is 6.03. The highest BCUT2D eigenvalue weighted by atomic mass is 35.5. The summed E-state index contributed by atoms with van der Waals surface area (Å²) in [6, 6.07) is 11.0. The van der Waals surface area contributed by atoms with Gasteiger partial charge in [-0.1, -0.05) is 17.7 Å². The minimum Gasteiger partial charge on any atom is -0.348 e. The molecule has 0 aliphatic heterocycles. The van der Waals surface area contributed by atoms with Gasteiger partial charge in [0, 0.05) is 29.1 Å². The quantitative estimate of drug-likeness (QED) is 0.691. The van der Waals surface area contributed by atoms with E-state index < -0.39 is 5.91 Å². The number of benzene rings is 1. The smallest absolute Gasteiger partial charge is 0.266 e. The zero-order chi connectivity index (χ0) is 16.3. The van der Waals surface area contributed by atoms with Gasteiger partial charge in [-0.05, 0) is 49.8 Å². The van der Waals surface area contributed by atoms with E-state index in [0.717, 1.165) is 17.0 Å². The number of halogens is 1. The van der Waals surface area contributed by atoms with Gasteiger partial charge in [0.25, 0.3) is 5.91 Å². The number of hydrogen-bond acceptors (Lipinski definition) is 2. The van der Waals surface area contributed by atoms with Crippen molar-refractivity contribution >= 4 is 29.3 Å². The first kappa shape index (κ1) is 15.9. The van der Waals surface area contributed by atoms with Crippen molar-refractivity contribution in [3.63, 3.8) is 0 Å². The fourth-order valence-corrected chi connectivity index (χ4v) is 2.18. The van der Waals surface area contributed by atoms with Crippen LogP contribution >= 0.6 is 11.6 Å². The fourth-order valence-electron chi connectivity index (χ4n) is 2.01. The third kappa shape index (κ3) is 3.21. The monoisotopic (exact) mass is 313 g/mol. The molecule has 1 N–H and O–H groups in total. The maximum Gasteiger partial charge on any atom is 0.266 e. The van der Waals surface area contributed by atoms with Crippen molar-refractivity contribution in [3.05, 3.63) is 57.9 Å². The molecular weight excluding hydrogens is 298 g/mol. The highest BCUT2D eigenvalue weighted by molar-refractivity contribution is 6.31. The zero-order valence-electron chi connectivity index (χ0n) is 12.6. The Morgan fingerprint density at radius 3 is 2.64 bits per heavy atom. The Morgan fingerprint density at radius 2 is 2.05 bits per heavy atom. The lowest BCUT2D eigenvalue weighted by Crippen LogP contribution is -2.14. The highest BCUT2D eigenvalue weighted by Gasteiger charge is 2.12. The molecule has 1 aromatic carbocycles. The van der Waals surface area contributed by atoms with Crippen molar-refractivity contribution in [1.82, 2.24) is 4.57 Å². The highest BCUT2D eigenvalue weighted by Crippen LogP contribution is 2.23. The third-order valence-electron chi connectivity index (χ3n) is 3.58. The summed E-state index contributed by atoms with van der Waals surface area (Å²) in [6.45, 7) is 3.77. The van der Waals surface area contributed by atoms with Crippen LogP contribution in [0.25, 0.3) is 6.08 Å². The number of anilines is 1. The maximum absolute atomic E-state index is 12.3. The summed E-state index contributed by atoms with van der Waals surface area (Å²) in [5.41, 5.74) is 3.26. The number of rotatable bonds is 3. The van der Waals surface area contributed by atoms with Gasteiger partial charge in [0.15, 0.2) is 0 Å². The van der Waals surface area contributed by atoms with Crippen molar-refractivity contribution in [2.75, 3.05) is 5.32 Å². The predicted molar refractivity (Wildman–Crippen MR) is 88.6 cm³/mol. The molecule has 0 fully saturated rings. The molecule has 1 amide bonds. The lowest BCUT2D eigenvalue weighted by atomic mass is 10.1. The summed E-state index contributed by atoms with van der Waals surface area (Å²) in [7, 11) is 1.88. The SMILES string of the molecule is Cc1c(Cl)cccc1NC(=O)/C(C#N)=C\c1ccc(C)n1C. The first-order chi connectivity index (χ1) is 10.4. The molecule has 0 radical (unpaired) electrons. The van der Waals surface area contributed by atoms with Crippen molar-refractivity contribution in [3.8, 4) is 6.07 Å². The molecule has 0 atom stereocenters. The third-order valence-corrected chi connectivity index (χ3v) is 3.99. The van der Waals surface area contributed by atoms with Gasteiger partial charge in [-0.3, -0.25) is 4.79 Å². The van der Waals surface area contributed by atoms with E-state index in [2.05, 4.69) is 5.32 Å². The lowest BCUT2D eigenvalue weighted by Gasteiger charge is -2.09. The van der Waals surface area contributed by atoms with Crippen LogP contribution in [0.4, 0.5) is 5.69 Å². The van der Waals surface area contributed by atoms with E-state index in [1.165, 1.54) is 0 Å². The Labute approximate surface area is 134 Å². The molecule has 22 heavy (non-hydrogen) atoms. The van der Waals surface area contributed by atoms with Gasteiger partial charge in [0.2, 0.25) is 0 Å². The van der Waals surface area contributed by atoms with Gasteiger partial charge in [-0.2, -0.15) is 5.26 Å². The number of aryl methyl sites for hydroxylation is 1. The van der Waals surface area contributed by atoms with Crippen LogP contribution in [0.1, 0.15) is 17.0 Å². The molecule has 4 nitrogen and oxygen atoms in total. The van der Waals surface area contributed by atoms with Crippen LogP contribution in [-0.2, 0) is 11.8 Å². The molecule has 0 aliphatic rings. The average molecular weight is 314 g/mol. The van der Waals surface area contributed by atoms with Crippen molar-refractivity contribution < 1.29 is 4.79 Å². The summed E-state index contributed by atoms with van der Waals surface area (Å²) in [5.74, 6) is -0.452. The zero-order valence-corrected chi connectivity index (χ0v) is 13.4. The van der Waals surface area contributed by atoms with Gasteiger partial charge in [0.1, 0.15) is 11.6 Å². The van der Waals surface area contributed by atoms with Crippen LogP contribution in [0.3, 0.4) is 0 Å². The van der Waals surface area contributed by atoms with Crippen LogP contribution in [0.15, 0.2) is 35.9 Å². The van der Waals surface area contributed by atoms with E-state index >= 15 is 0 Å². The number of carbonyl (C=O) groups is 1. The predicted octanol–water partition coefficient (Wildman–Crippen LogP) is 3.84. The first-order valence-electron chi connectivity index (χ1n) is 6.74. The Morgan fingerprint density at radius 1 is 1.32 bits per heavy atom. The second kappa shape index (κ2) is 6.50.